The van der Waals surface area contributed by atoms with E-state index < -0.39 is 10.6 Å². The smallest absolute Gasteiger partial charge is 0.131 e. The lowest BCUT2D eigenvalue weighted by molar-refractivity contribution is 0.270. The summed E-state index contributed by atoms with van der Waals surface area (Å²) in [6, 6.07) is 15.2. The number of rotatable bonds is 5. The lowest BCUT2D eigenvalue weighted by Crippen LogP contribution is -2.32. The summed E-state index contributed by atoms with van der Waals surface area (Å²) in [5.74, 6) is 1.02. The number of aromatic nitrogens is 1. The van der Waals surface area contributed by atoms with Gasteiger partial charge in [-0.2, -0.15) is 10.6 Å². The third kappa shape index (κ3) is 4.23. The molecule has 160 valence electrons. The SMILES string of the molecule is Cc1ccc2nc(N3CCS(O)(O)c4ccccc4C3)cc(NC[C@H](N)CO)c2c1. The molecule has 0 aliphatic carbocycles. The Hall–Kier alpha value is -2.36. The Morgan fingerprint density at radius 3 is 2.80 bits per heavy atom. The minimum atomic E-state index is -2.83. The van der Waals surface area contributed by atoms with Crippen molar-refractivity contribution in [2.75, 3.05) is 35.7 Å². The summed E-state index contributed by atoms with van der Waals surface area (Å²) in [7, 11) is -2.83. The topological polar surface area (TPSA) is 115 Å². The fourth-order valence-corrected chi connectivity index (χ4v) is 5.26. The first-order valence-corrected chi connectivity index (χ1v) is 11.7. The number of aliphatic hydroxyl groups excluding tert-OH is 1. The zero-order chi connectivity index (χ0) is 21.3. The first kappa shape index (κ1) is 20.9. The van der Waals surface area contributed by atoms with E-state index in [2.05, 4.69) is 16.3 Å². The van der Waals surface area contributed by atoms with Crippen LogP contribution in [-0.4, -0.2) is 50.7 Å². The summed E-state index contributed by atoms with van der Waals surface area (Å²) in [6.07, 6.45) is 0. The van der Waals surface area contributed by atoms with Gasteiger partial charge < -0.3 is 21.1 Å². The molecule has 4 rings (SSSR count). The maximum Gasteiger partial charge on any atom is 0.131 e. The van der Waals surface area contributed by atoms with Crippen LogP contribution in [0.2, 0.25) is 0 Å². The van der Waals surface area contributed by atoms with Gasteiger partial charge in [-0.3, -0.25) is 9.11 Å². The number of nitrogens with two attached hydrogens (primary N) is 1. The standard InChI is InChI=1S/C22H28N4O3S/c1-15-6-7-19-18(10-15)20(24-12-17(23)14-27)11-22(25-19)26-8-9-30(28,29)21-5-3-2-4-16(21)13-26/h2-7,10-11,17,27-29H,8-9,12-14,23H2,1H3,(H,24,25)/t17-/m0/s1. The number of hydrogen-bond donors (Lipinski definition) is 5. The summed E-state index contributed by atoms with van der Waals surface area (Å²) in [4.78, 5) is 7.56. The number of aliphatic hydroxyl groups is 1. The lowest BCUT2D eigenvalue weighted by atomic mass is 10.1. The number of benzene rings is 2. The number of fused-ring (bicyclic) bond motifs is 2. The van der Waals surface area contributed by atoms with E-state index in [1.807, 2.05) is 43.3 Å². The van der Waals surface area contributed by atoms with Gasteiger partial charge >= 0.3 is 0 Å². The van der Waals surface area contributed by atoms with Crippen LogP contribution in [0.3, 0.4) is 0 Å². The highest BCUT2D eigenvalue weighted by molar-refractivity contribution is 8.24. The normalized spacial score (nSPS) is 17.8. The molecule has 8 heteroatoms. The van der Waals surface area contributed by atoms with E-state index in [0.717, 1.165) is 33.5 Å². The molecule has 1 atom stereocenters. The molecule has 0 saturated heterocycles. The molecule has 30 heavy (non-hydrogen) atoms. The summed E-state index contributed by atoms with van der Waals surface area (Å²) < 4.78 is 21.3. The number of nitrogens with zero attached hydrogens (tertiary/aromatic N) is 2. The summed E-state index contributed by atoms with van der Waals surface area (Å²) in [6.45, 7) is 3.41. The van der Waals surface area contributed by atoms with Crippen molar-refractivity contribution in [3.8, 4) is 0 Å². The third-order valence-electron chi connectivity index (χ3n) is 5.40. The molecule has 0 bridgehead atoms. The van der Waals surface area contributed by atoms with Crippen LogP contribution in [0.1, 0.15) is 11.1 Å². The van der Waals surface area contributed by atoms with Crippen LogP contribution in [0.15, 0.2) is 53.4 Å². The number of nitrogens with one attached hydrogen (secondary N) is 1. The number of pyridine rings is 1. The van der Waals surface area contributed by atoms with Gasteiger partial charge in [-0.05, 0) is 30.7 Å². The van der Waals surface area contributed by atoms with Crippen molar-refractivity contribution in [3.63, 3.8) is 0 Å². The Morgan fingerprint density at radius 1 is 1.20 bits per heavy atom. The van der Waals surface area contributed by atoms with Crippen LogP contribution >= 0.6 is 10.6 Å². The minimum Gasteiger partial charge on any atom is -0.395 e. The molecule has 0 radical (unpaired) electrons. The Kier molecular flexibility index (Phi) is 5.86. The Morgan fingerprint density at radius 2 is 2.00 bits per heavy atom. The average molecular weight is 429 g/mol. The Balaban J connectivity index is 1.74. The van der Waals surface area contributed by atoms with Crippen LogP contribution in [0.5, 0.6) is 0 Å². The van der Waals surface area contributed by atoms with Crippen molar-refractivity contribution in [2.24, 2.45) is 5.73 Å². The zero-order valence-corrected chi connectivity index (χ0v) is 17.8. The monoisotopic (exact) mass is 428 g/mol. The second-order valence-electron chi connectivity index (χ2n) is 7.77. The maximum absolute atomic E-state index is 10.6. The summed E-state index contributed by atoms with van der Waals surface area (Å²) in [5, 5.41) is 13.6. The summed E-state index contributed by atoms with van der Waals surface area (Å²) in [5.41, 5.74) is 9.66. The fraction of sp³-hybridized carbons (Fsp3) is 0.318. The summed E-state index contributed by atoms with van der Waals surface area (Å²) >= 11 is 0. The van der Waals surface area contributed by atoms with E-state index in [0.29, 0.717) is 24.5 Å². The van der Waals surface area contributed by atoms with E-state index in [1.54, 1.807) is 6.07 Å². The number of hydrogen-bond acceptors (Lipinski definition) is 7. The second-order valence-corrected chi connectivity index (χ2v) is 9.95. The molecular weight excluding hydrogens is 400 g/mol. The molecule has 1 aromatic heterocycles. The molecular formula is C22H28N4O3S. The van der Waals surface area contributed by atoms with Gasteiger partial charge in [0.1, 0.15) is 5.82 Å². The predicted octanol–water partition coefficient (Wildman–Crippen LogP) is 3.40. The minimum absolute atomic E-state index is 0.0946. The van der Waals surface area contributed by atoms with E-state index in [9.17, 15) is 14.2 Å². The van der Waals surface area contributed by atoms with Crippen molar-refractivity contribution in [2.45, 2.75) is 24.4 Å². The molecule has 1 aliphatic heterocycles. The van der Waals surface area contributed by atoms with Gasteiger partial charge in [0.2, 0.25) is 0 Å². The molecule has 0 unspecified atom stereocenters. The molecule has 0 fully saturated rings. The third-order valence-corrected chi connectivity index (χ3v) is 7.25. The van der Waals surface area contributed by atoms with E-state index >= 15 is 0 Å². The van der Waals surface area contributed by atoms with Crippen molar-refractivity contribution >= 4 is 33.0 Å². The predicted molar refractivity (Wildman–Crippen MR) is 124 cm³/mol. The van der Waals surface area contributed by atoms with Crippen LogP contribution in [0, 0.1) is 6.92 Å². The molecule has 2 aromatic carbocycles. The molecule has 0 spiro atoms. The van der Waals surface area contributed by atoms with Crippen molar-refractivity contribution in [3.05, 3.63) is 59.7 Å². The fourth-order valence-electron chi connectivity index (χ4n) is 3.72. The molecule has 0 saturated carbocycles. The highest BCUT2D eigenvalue weighted by Crippen LogP contribution is 2.51. The second kappa shape index (κ2) is 8.41. The van der Waals surface area contributed by atoms with E-state index in [1.165, 1.54) is 0 Å². The van der Waals surface area contributed by atoms with Gasteiger partial charge in [0.25, 0.3) is 0 Å². The number of anilines is 2. The first-order chi connectivity index (χ1) is 14.4. The van der Waals surface area contributed by atoms with Crippen LogP contribution in [0.4, 0.5) is 11.5 Å². The van der Waals surface area contributed by atoms with Crippen molar-refractivity contribution in [1.82, 2.24) is 4.98 Å². The van der Waals surface area contributed by atoms with Gasteiger partial charge in [0, 0.05) is 42.8 Å². The molecule has 7 nitrogen and oxygen atoms in total. The van der Waals surface area contributed by atoms with Gasteiger partial charge in [-0.1, -0.05) is 29.8 Å². The van der Waals surface area contributed by atoms with Crippen molar-refractivity contribution in [1.29, 1.82) is 0 Å². The van der Waals surface area contributed by atoms with Gasteiger partial charge in [-0.15, -0.1) is 0 Å². The first-order valence-electron chi connectivity index (χ1n) is 9.98. The molecule has 2 heterocycles. The highest BCUT2D eigenvalue weighted by Gasteiger charge is 2.26. The Labute approximate surface area is 177 Å². The molecule has 3 aromatic rings. The largest absolute Gasteiger partial charge is 0.395 e. The molecule has 1 aliphatic rings. The Bertz CT molecular complexity index is 1060. The quantitative estimate of drug-likeness (QED) is 0.423. The van der Waals surface area contributed by atoms with Gasteiger partial charge in [0.15, 0.2) is 0 Å². The van der Waals surface area contributed by atoms with Gasteiger partial charge in [-0.25, -0.2) is 4.98 Å². The molecule has 6 N–H and O–H groups in total. The average Bonchev–Trinajstić information content (AvgIpc) is 2.88. The lowest BCUT2D eigenvalue weighted by Gasteiger charge is -2.32. The maximum atomic E-state index is 10.6. The molecule has 0 amide bonds. The van der Waals surface area contributed by atoms with Crippen LogP contribution in [0.25, 0.3) is 10.9 Å². The van der Waals surface area contributed by atoms with Crippen LogP contribution in [-0.2, 0) is 6.54 Å². The van der Waals surface area contributed by atoms with Crippen LogP contribution < -0.4 is 16.0 Å². The van der Waals surface area contributed by atoms with Crippen molar-refractivity contribution < 1.29 is 14.2 Å². The van der Waals surface area contributed by atoms with Gasteiger partial charge in [0.05, 0.1) is 22.8 Å². The zero-order valence-electron chi connectivity index (χ0n) is 17.0. The highest BCUT2D eigenvalue weighted by atomic mass is 32.3. The van der Waals surface area contributed by atoms with E-state index in [4.69, 9.17) is 10.7 Å². The number of aryl methyl sites for hydroxylation is 1. The van der Waals surface area contributed by atoms with E-state index in [-0.39, 0.29) is 18.4 Å².